The van der Waals surface area contributed by atoms with Gasteiger partial charge in [-0.1, -0.05) is 6.07 Å². The molecule has 0 aliphatic carbocycles. The summed E-state index contributed by atoms with van der Waals surface area (Å²) in [5, 5.41) is 0. The number of nitrogens with two attached hydrogens (primary N) is 1. The summed E-state index contributed by atoms with van der Waals surface area (Å²) in [6, 6.07) is 3.74. The monoisotopic (exact) mass is 174 g/mol. The topological polar surface area (TPSA) is 59.2 Å². The lowest BCUT2D eigenvalue weighted by Gasteiger charge is -2.06. The summed E-state index contributed by atoms with van der Waals surface area (Å²) in [5.74, 6) is 0.534. The molecule has 0 saturated carbocycles. The van der Waals surface area contributed by atoms with E-state index in [4.69, 9.17) is 5.73 Å². The third kappa shape index (κ3) is 1.55. The van der Waals surface area contributed by atoms with E-state index in [0.717, 1.165) is 24.0 Å². The molecule has 1 radical (unpaired) electrons. The fraction of sp³-hybridized carbons (Fsp3) is 0.250. The molecule has 5 heteroatoms. The highest BCUT2D eigenvalue weighted by molar-refractivity contribution is 6.64. The van der Waals surface area contributed by atoms with Crippen LogP contribution < -0.4 is 5.73 Å². The first kappa shape index (κ1) is 8.25. The molecule has 1 aromatic rings. The maximum Gasteiger partial charge on any atom is 0.293 e. The standard InChI is InChI=1S/C8H9BN3O/c10-8-2-1-6-3-12(9-5-13)4-7(6)11-8/h1-2,5H,3-4H2,(H2,10,11). The normalized spacial score (nSPS) is 15.4. The highest BCUT2D eigenvalue weighted by atomic mass is 16.1. The van der Waals surface area contributed by atoms with Crippen LogP contribution in [0.15, 0.2) is 12.1 Å². The lowest BCUT2D eigenvalue weighted by Crippen LogP contribution is -2.22. The van der Waals surface area contributed by atoms with Gasteiger partial charge in [-0.25, -0.2) is 4.98 Å². The van der Waals surface area contributed by atoms with E-state index in [0.29, 0.717) is 12.4 Å². The van der Waals surface area contributed by atoms with Crippen LogP contribution in [0.2, 0.25) is 0 Å². The number of anilines is 1. The summed E-state index contributed by atoms with van der Waals surface area (Å²) < 4.78 is 0. The van der Waals surface area contributed by atoms with Crippen LogP contribution in [-0.4, -0.2) is 23.4 Å². The van der Waals surface area contributed by atoms with Gasteiger partial charge in [0.2, 0.25) is 0 Å². The summed E-state index contributed by atoms with van der Waals surface area (Å²) >= 11 is 0. The fourth-order valence-corrected chi connectivity index (χ4v) is 1.49. The quantitative estimate of drug-likeness (QED) is 0.497. The van der Waals surface area contributed by atoms with E-state index in [-0.39, 0.29) is 0 Å². The maximum atomic E-state index is 10.2. The molecule has 0 aromatic carbocycles. The van der Waals surface area contributed by atoms with Gasteiger partial charge in [0, 0.05) is 13.1 Å². The Morgan fingerprint density at radius 1 is 1.54 bits per heavy atom. The molecule has 1 aliphatic rings. The van der Waals surface area contributed by atoms with Crippen molar-refractivity contribution >= 4 is 19.4 Å². The zero-order valence-electron chi connectivity index (χ0n) is 7.10. The molecule has 2 rings (SSSR count). The number of fused-ring (bicyclic) bond motifs is 1. The molecule has 0 amide bonds. The van der Waals surface area contributed by atoms with Crippen LogP contribution in [0, 0.1) is 0 Å². The van der Waals surface area contributed by atoms with E-state index < -0.39 is 0 Å². The Balaban J connectivity index is 2.20. The molecule has 13 heavy (non-hydrogen) atoms. The Hall–Kier alpha value is -1.36. The molecule has 2 N–H and O–H groups in total. The Kier molecular flexibility index (Phi) is 2.02. The Morgan fingerprint density at radius 2 is 2.38 bits per heavy atom. The van der Waals surface area contributed by atoms with Crippen LogP contribution in [0.3, 0.4) is 0 Å². The minimum atomic E-state index is 0.534. The minimum Gasteiger partial charge on any atom is -0.384 e. The number of pyridine rings is 1. The predicted octanol–water partition coefficient (Wildman–Crippen LogP) is -0.211. The molecule has 0 bridgehead atoms. The van der Waals surface area contributed by atoms with Gasteiger partial charge in [-0.05, 0) is 11.6 Å². The van der Waals surface area contributed by atoms with Gasteiger partial charge < -0.3 is 15.3 Å². The first-order valence-corrected chi connectivity index (χ1v) is 4.06. The van der Waals surface area contributed by atoms with Crippen molar-refractivity contribution < 1.29 is 4.79 Å². The molecule has 0 fully saturated rings. The van der Waals surface area contributed by atoms with Crippen molar-refractivity contribution in [2.24, 2.45) is 0 Å². The summed E-state index contributed by atoms with van der Waals surface area (Å²) in [6.45, 7) is 1.43. The van der Waals surface area contributed by atoms with Gasteiger partial charge in [0.05, 0.1) is 11.9 Å². The zero-order valence-corrected chi connectivity index (χ0v) is 7.10. The van der Waals surface area contributed by atoms with Gasteiger partial charge in [-0.3, -0.25) is 0 Å². The van der Waals surface area contributed by atoms with Crippen LogP contribution in [0.5, 0.6) is 0 Å². The van der Waals surface area contributed by atoms with Crippen molar-refractivity contribution in [3.63, 3.8) is 0 Å². The van der Waals surface area contributed by atoms with Crippen molar-refractivity contribution in [2.75, 3.05) is 5.73 Å². The van der Waals surface area contributed by atoms with E-state index in [2.05, 4.69) is 4.98 Å². The van der Waals surface area contributed by atoms with Gasteiger partial charge >= 0.3 is 0 Å². The van der Waals surface area contributed by atoms with E-state index >= 15 is 0 Å². The summed E-state index contributed by atoms with van der Waals surface area (Å²) in [6.07, 6.45) is 0.787. The first-order valence-electron chi connectivity index (χ1n) is 4.06. The largest absolute Gasteiger partial charge is 0.384 e. The molecule has 0 atom stereocenters. The number of carbonyl (C=O) groups is 1. The maximum absolute atomic E-state index is 10.2. The molecule has 0 saturated heterocycles. The lowest BCUT2D eigenvalue weighted by atomic mass is 9.96. The van der Waals surface area contributed by atoms with Crippen molar-refractivity contribution in [3.8, 4) is 0 Å². The zero-order chi connectivity index (χ0) is 9.26. The number of rotatable bonds is 2. The average Bonchev–Trinajstić information content (AvgIpc) is 2.46. The fourth-order valence-electron chi connectivity index (χ4n) is 1.49. The highest BCUT2D eigenvalue weighted by Gasteiger charge is 2.19. The third-order valence-corrected chi connectivity index (χ3v) is 2.09. The molecule has 1 aliphatic heterocycles. The Bertz CT molecular complexity index is 342. The van der Waals surface area contributed by atoms with Crippen LogP contribution >= 0.6 is 0 Å². The second-order valence-electron chi connectivity index (χ2n) is 3.03. The summed E-state index contributed by atoms with van der Waals surface area (Å²) in [4.78, 5) is 16.3. The smallest absolute Gasteiger partial charge is 0.293 e. The highest BCUT2D eigenvalue weighted by Crippen LogP contribution is 2.20. The predicted molar refractivity (Wildman–Crippen MR) is 50.4 cm³/mol. The van der Waals surface area contributed by atoms with Crippen molar-refractivity contribution in [1.29, 1.82) is 0 Å². The number of nitrogens with zero attached hydrogens (tertiary/aromatic N) is 2. The molecular formula is C8H9BN3O. The van der Waals surface area contributed by atoms with Crippen molar-refractivity contribution in [2.45, 2.75) is 13.1 Å². The van der Waals surface area contributed by atoms with E-state index in [1.165, 1.54) is 7.41 Å². The van der Waals surface area contributed by atoms with Crippen molar-refractivity contribution in [3.05, 3.63) is 23.4 Å². The molecule has 0 spiro atoms. The van der Waals surface area contributed by atoms with Gasteiger partial charge in [-0.15, -0.1) is 0 Å². The van der Waals surface area contributed by atoms with Crippen molar-refractivity contribution in [1.82, 2.24) is 9.79 Å². The van der Waals surface area contributed by atoms with Crippen LogP contribution in [-0.2, 0) is 17.9 Å². The third-order valence-electron chi connectivity index (χ3n) is 2.09. The summed E-state index contributed by atoms with van der Waals surface area (Å²) in [7, 11) is 1.53. The molecule has 2 heterocycles. The summed E-state index contributed by atoms with van der Waals surface area (Å²) in [5.41, 5.74) is 7.66. The molecular weight excluding hydrogens is 165 g/mol. The number of hydrogen-bond acceptors (Lipinski definition) is 4. The Morgan fingerprint density at radius 3 is 3.15 bits per heavy atom. The first-order chi connectivity index (χ1) is 6.29. The average molecular weight is 174 g/mol. The van der Waals surface area contributed by atoms with Crippen LogP contribution in [0.25, 0.3) is 0 Å². The second-order valence-corrected chi connectivity index (χ2v) is 3.03. The van der Waals surface area contributed by atoms with Gasteiger partial charge in [0.1, 0.15) is 5.82 Å². The molecule has 1 aromatic heterocycles. The molecule has 0 unspecified atom stereocenters. The number of carbonyl (C=O) groups excluding carboxylic acids is 1. The van der Waals surface area contributed by atoms with Gasteiger partial charge in [0.25, 0.3) is 7.41 Å². The Labute approximate surface area is 77.0 Å². The SMILES string of the molecule is Nc1ccc2c(n1)CN([B]C=O)C2. The number of hydrogen-bond donors (Lipinski definition) is 1. The molecule has 4 nitrogen and oxygen atoms in total. The van der Waals surface area contributed by atoms with E-state index in [1.807, 2.05) is 10.9 Å². The number of aromatic nitrogens is 1. The van der Waals surface area contributed by atoms with E-state index in [9.17, 15) is 4.79 Å². The number of nitrogen functional groups attached to an aromatic ring is 1. The van der Waals surface area contributed by atoms with E-state index in [1.54, 1.807) is 6.07 Å². The minimum absolute atomic E-state index is 0.534. The van der Waals surface area contributed by atoms with Crippen LogP contribution in [0.1, 0.15) is 11.3 Å². The molecule has 65 valence electrons. The van der Waals surface area contributed by atoms with Crippen LogP contribution in [0.4, 0.5) is 5.82 Å². The lowest BCUT2D eigenvalue weighted by molar-refractivity contribution is 0.475. The second kappa shape index (κ2) is 3.18. The van der Waals surface area contributed by atoms with Gasteiger partial charge in [-0.2, -0.15) is 0 Å². The van der Waals surface area contributed by atoms with Gasteiger partial charge in [0.15, 0.2) is 0 Å².